The predicted molar refractivity (Wildman–Crippen MR) is 347 cm³/mol. The molecule has 30 nitrogen and oxygen atoms in total. The van der Waals surface area contributed by atoms with Crippen LogP contribution in [0.4, 0.5) is 0 Å². The third-order valence-electron chi connectivity index (χ3n) is 21.5. The van der Waals surface area contributed by atoms with Crippen molar-refractivity contribution in [3.05, 3.63) is 11.9 Å². The molecule has 0 N–H and O–H groups in total. The summed E-state index contributed by atoms with van der Waals surface area (Å²) >= 11 is 0. The van der Waals surface area contributed by atoms with Gasteiger partial charge in [0.25, 0.3) is 0 Å². The zero-order chi connectivity index (χ0) is 73.8. The molecule has 4 heterocycles. The minimum Gasteiger partial charge on any atom is -0.463 e. The molecule has 0 spiro atoms. The van der Waals surface area contributed by atoms with Crippen LogP contribution in [-0.4, -0.2) is 199 Å². The van der Waals surface area contributed by atoms with Crippen LogP contribution >= 0.6 is 0 Å². The van der Waals surface area contributed by atoms with Gasteiger partial charge in [0, 0.05) is 75.8 Å². The predicted octanol–water partition coefficient (Wildman–Crippen LogP) is 6.85. The van der Waals surface area contributed by atoms with Crippen molar-refractivity contribution in [1.29, 1.82) is 0 Å². The molecular weight excluding hydrogens is 1330 g/mol. The smallest absolute Gasteiger partial charge is 0.303 e. The van der Waals surface area contributed by atoms with E-state index in [0.29, 0.717) is 22.4 Å². The number of nitrogens with zero attached hydrogens (tertiary/aromatic N) is 3. The van der Waals surface area contributed by atoms with Crippen molar-refractivity contribution in [1.82, 2.24) is 15.0 Å². The maximum atomic E-state index is 13.5. The molecule has 1 aromatic heterocycles. The van der Waals surface area contributed by atoms with Crippen LogP contribution in [0.5, 0.6) is 0 Å². The number of carbonyl (C=O) groups is 10. The number of esters is 10. The third-order valence-corrected chi connectivity index (χ3v) is 21.5. The van der Waals surface area contributed by atoms with Crippen LogP contribution in [0.3, 0.4) is 0 Å². The van der Waals surface area contributed by atoms with Crippen molar-refractivity contribution >= 4 is 59.7 Å². The Morgan fingerprint density at radius 3 is 1.46 bits per heavy atom. The summed E-state index contributed by atoms with van der Waals surface area (Å²) in [6.45, 7) is 21.0. The monoisotopic (exact) mass is 1430 g/mol. The maximum absolute atomic E-state index is 13.5. The molecule has 0 aromatic carbocycles. The van der Waals surface area contributed by atoms with E-state index >= 15 is 0 Å². The van der Waals surface area contributed by atoms with E-state index in [1.807, 2.05) is 0 Å². The minimum absolute atomic E-state index is 0.0886. The van der Waals surface area contributed by atoms with Crippen molar-refractivity contribution < 1.29 is 128 Å². The van der Waals surface area contributed by atoms with Crippen molar-refractivity contribution in [3.63, 3.8) is 0 Å². The molecule has 1 unspecified atom stereocenters. The maximum Gasteiger partial charge on any atom is 0.303 e. The van der Waals surface area contributed by atoms with Crippen LogP contribution < -0.4 is 0 Å². The number of rotatable bonds is 30. The number of fused-ring (bicyclic) bond motifs is 5. The van der Waals surface area contributed by atoms with Crippen molar-refractivity contribution in [2.45, 2.75) is 299 Å². The molecule has 4 aliphatic carbocycles. The standard InChI is InChI=1S/C71H107N3O27/c1-36(2)18-16-19-37(3)52-22-23-53-51-21-20-48-30-50(24-26-70(48,14)54(51)25-27-71(52,53)15)89-32-49-31-74(73-72-49)28-17-29-85-67-64(61(93-44(10)81)58(90-41(7)78)55(97-67)33-86-38(4)75)101-69-66(96-47(13)84)63(60(92-43(9)80)57(99-69)35-88-40(6)77)100-68-65(95-46(12)83)62(94-45(11)82)59(91-42(8)79)56(98-68)34-87-39(5)76/h31,36-37,48,50-69H,16-30,32-35H2,1-15H3/t37-,48?,50+,51+,52-,53+,54+,55-,56-,57-,58-,59-,60-,61+,62+,63+,64+,65+,66+,67+,68-,69-,70+,71-/m1/s1. The van der Waals surface area contributed by atoms with Crippen molar-refractivity contribution in [2.75, 3.05) is 26.4 Å². The number of ether oxygens (including phenoxy) is 17. The highest BCUT2D eigenvalue weighted by atomic mass is 16.8. The second-order valence-corrected chi connectivity index (χ2v) is 29.3. The lowest BCUT2D eigenvalue weighted by Gasteiger charge is -2.61. The van der Waals surface area contributed by atoms with E-state index < -0.39 is 172 Å². The van der Waals surface area contributed by atoms with Gasteiger partial charge in [-0.15, -0.1) is 5.10 Å². The first-order chi connectivity index (χ1) is 47.7. The Balaban J connectivity index is 1.02. The number of hydrogen-bond donors (Lipinski definition) is 0. The summed E-state index contributed by atoms with van der Waals surface area (Å²) < 4.78 is 103. The Bertz CT molecular complexity index is 3030. The molecule has 3 aliphatic heterocycles. The average Bonchev–Trinajstić information content (AvgIpc) is 1.67. The highest BCUT2D eigenvalue weighted by molar-refractivity contribution is 5.70. The van der Waals surface area contributed by atoms with E-state index in [9.17, 15) is 47.9 Å². The first kappa shape index (κ1) is 80.2. The van der Waals surface area contributed by atoms with Crippen LogP contribution in [0.15, 0.2) is 6.20 Å². The minimum atomic E-state index is -2.07. The normalized spacial score (nSPS) is 35.4. The molecule has 24 atom stereocenters. The van der Waals surface area contributed by atoms with Gasteiger partial charge in [-0.05, 0) is 116 Å². The van der Waals surface area contributed by atoms with Gasteiger partial charge < -0.3 is 80.5 Å². The molecule has 1 aromatic rings. The number of aromatic nitrogens is 3. The van der Waals surface area contributed by atoms with E-state index in [1.54, 1.807) is 10.9 Å². The molecule has 0 amide bonds. The molecule has 3 saturated heterocycles. The zero-order valence-electron chi connectivity index (χ0n) is 61.2. The summed E-state index contributed by atoms with van der Waals surface area (Å²) in [7, 11) is 0. The fourth-order valence-electron chi connectivity index (χ4n) is 17.4. The molecule has 30 heteroatoms. The van der Waals surface area contributed by atoms with Crippen LogP contribution in [0.25, 0.3) is 0 Å². The lowest BCUT2D eigenvalue weighted by molar-refractivity contribution is -0.386. The van der Waals surface area contributed by atoms with E-state index in [-0.39, 0.29) is 32.3 Å². The highest BCUT2D eigenvalue weighted by Gasteiger charge is 2.63. The van der Waals surface area contributed by atoms with Gasteiger partial charge in [-0.3, -0.25) is 52.6 Å². The molecule has 0 radical (unpaired) electrons. The van der Waals surface area contributed by atoms with E-state index in [0.717, 1.165) is 124 Å². The van der Waals surface area contributed by atoms with Gasteiger partial charge in [0.05, 0.1) is 25.5 Å². The lowest BCUT2D eigenvalue weighted by Crippen LogP contribution is -2.69. The Kier molecular flexibility index (Phi) is 28.5. The first-order valence-electron chi connectivity index (χ1n) is 35.7. The summed E-state index contributed by atoms with van der Waals surface area (Å²) in [6, 6.07) is 0. The van der Waals surface area contributed by atoms with Gasteiger partial charge >= 0.3 is 59.7 Å². The largest absolute Gasteiger partial charge is 0.463 e. The van der Waals surface area contributed by atoms with E-state index in [2.05, 4.69) is 44.9 Å². The first-order valence-corrected chi connectivity index (χ1v) is 35.7. The summed E-state index contributed by atoms with van der Waals surface area (Å²) in [6.07, 6.45) is -9.78. The summed E-state index contributed by atoms with van der Waals surface area (Å²) in [5.74, 6) is -4.06. The third kappa shape index (κ3) is 20.9. The van der Waals surface area contributed by atoms with Gasteiger partial charge in [-0.2, -0.15) is 0 Å². The summed E-state index contributed by atoms with van der Waals surface area (Å²) in [4.78, 5) is 129. The second-order valence-electron chi connectivity index (χ2n) is 29.3. The fourth-order valence-corrected chi connectivity index (χ4v) is 17.4. The summed E-state index contributed by atoms with van der Waals surface area (Å²) in [5.41, 5.74) is 1.37. The van der Waals surface area contributed by atoms with Crippen LogP contribution in [0.2, 0.25) is 0 Å². The number of carbonyl (C=O) groups excluding carboxylic acids is 10. The van der Waals surface area contributed by atoms with Gasteiger partial charge in [-0.1, -0.05) is 59.1 Å². The molecule has 4 saturated carbocycles. The van der Waals surface area contributed by atoms with Crippen molar-refractivity contribution in [2.24, 2.45) is 52.3 Å². The quantitative estimate of drug-likeness (QED) is 0.0431. The Morgan fingerprint density at radius 1 is 0.485 bits per heavy atom. The molecule has 7 fully saturated rings. The Hall–Kier alpha value is -6.44. The van der Waals surface area contributed by atoms with Crippen LogP contribution in [0, 0.1) is 52.3 Å². The Morgan fingerprint density at radius 2 is 0.941 bits per heavy atom. The highest BCUT2D eigenvalue weighted by Crippen LogP contribution is 2.68. The van der Waals surface area contributed by atoms with Gasteiger partial charge in [0.1, 0.15) is 49.9 Å². The molecule has 101 heavy (non-hydrogen) atoms. The number of aryl methyl sites for hydroxylation is 1. The summed E-state index contributed by atoms with van der Waals surface area (Å²) in [5, 5.41) is 8.83. The average molecular weight is 1430 g/mol. The second kappa shape index (κ2) is 35.8. The SMILES string of the molecule is CC(=O)OC[C@H]1O[C@H](O[C@@H]2[C@H](OC(C)=O)[C@@H](O[C@@H]3[C@@H](OCCCn4cc(CO[C@H]5CC[C@@]6(C)C(CC[C@H]7[C@@H]8CC[C@H]([C@H](C)CCCC(C)C)[C@@]8(C)CC[C@@H]76)C5)nn4)O[C@H](COC(C)=O)[C@@H](OC(C)=O)[C@@H]3OC(C)=O)O[C@H](COC(C)=O)[C@H]2OC(C)=O)[C@@H](OC(C)=O)[C@@H](OC(C)=O)[C@@H]1OC(C)=O. The molecule has 8 rings (SSSR count). The lowest BCUT2D eigenvalue weighted by atomic mass is 9.44. The Labute approximate surface area is 590 Å². The molecular formula is C71H107N3O27. The molecule has 568 valence electrons. The van der Waals surface area contributed by atoms with Crippen LogP contribution in [0.1, 0.15) is 193 Å². The van der Waals surface area contributed by atoms with E-state index in [1.165, 1.54) is 57.8 Å². The zero-order valence-corrected chi connectivity index (χ0v) is 61.2. The molecule has 0 bridgehead atoms. The van der Waals surface area contributed by atoms with Gasteiger partial charge in [0.15, 0.2) is 67.7 Å². The van der Waals surface area contributed by atoms with Crippen molar-refractivity contribution in [3.8, 4) is 0 Å². The molecule has 7 aliphatic rings. The topological polar surface area (TPSA) is 358 Å². The van der Waals surface area contributed by atoms with Gasteiger partial charge in [0.2, 0.25) is 0 Å². The van der Waals surface area contributed by atoms with Crippen LogP contribution in [-0.2, 0) is 142 Å². The van der Waals surface area contributed by atoms with Gasteiger partial charge in [-0.25, -0.2) is 0 Å². The number of hydrogen-bond acceptors (Lipinski definition) is 29. The van der Waals surface area contributed by atoms with E-state index in [4.69, 9.17) is 80.5 Å². The fraction of sp³-hybridized carbons (Fsp3) is 0.831.